The van der Waals surface area contributed by atoms with E-state index in [0.717, 1.165) is 0 Å². The molecule has 4 rings (SSSR count). The third kappa shape index (κ3) is 3.96. The molecule has 0 aliphatic carbocycles. The zero-order valence-electron chi connectivity index (χ0n) is 17.8. The number of carbonyl (C=O) groups is 1. The molecular weight excluding hydrogens is 415 g/mol. The van der Waals surface area contributed by atoms with E-state index in [1.807, 2.05) is 0 Å². The molecule has 164 valence electrons. The minimum atomic E-state index is -0.746. The molecule has 4 aromatic rings. The topological polar surface area (TPSA) is 88.2 Å². The highest BCUT2D eigenvalue weighted by Gasteiger charge is 2.17. The second kappa shape index (κ2) is 8.62. The summed E-state index contributed by atoms with van der Waals surface area (Å²) >= 11 is 0. The van der Waals surface area contributed by atoms with E-state index < -0.39 is 12.1 Å². The number of nitrogens with zero attached hydrogens (tertiary/aromatic N) is 4. The molecule has 0 aliphatic heterocycles. The Morgan fingerprint density at radius 3 is 2.47 bits per heavy atom. The van der Waals surface area contributed by atoms with E-state index >= 15 is 0 Å². The summed E-state index contributed by atoms with van der Waals surface area (Å²) in [7, 11) is 1.63. The first-order chi connectivity index (χ1) is 15.4. The lowest BCUT2D eigenvalue weighted by Crippen LogP contribution is -2.26. The lowest BCUT2D eigenvalue weighted by Gasteiger charge is -2.14. The van der Waals surface area contributed by atoms with Crippen LogP contribution in [0.2, 0.25) is 0 Å². The number of hydrogen-bond acceptors (Lipinski definition) is 6. The van der Waals surface area contributed by atoms with E-state index in [0.29, 0.717) is 33.9 Å². The van der Waals surface area contributed by atoms with Gasteiger partial charge in [0.1, 0.15) is 22.8 Å². The normalized spacial score (nSPS) is 12.0. The molecule has 0 spiro atoms. The van der Waals surface area contributed by atoms with Gasteiger partial charge in [-0.05, 0) is 62.4 Å². The Bertz CT molecular complexity index is 1330. The van der Waals surface area contributed by atoms with Crippen molar-refractivity contribution in [2.24, 2.45) is 7.05 Å². The van der Waals surface area contributed by atoms with Gasteiger partial charge in [0, 0.05) is 12.6 Å². The molecule has 32 heavy (non-hydrogen) atoms. The number of benzene rings is 2. The number of rotatable bonds is 6. The summed E-state index contributed by atoms with van der Waals surface area (Å²) in [5.41, 5.74) is 1.37. The van der Waals surface area contributed by atoms with Crippen LogP contribution >= 0.6 is 0 Å². The number of aromatic nitrogens is 4. The first-order valence-corrected chi connectivity index (χ1v) is 10.0. The predicted octanol–water partition coefficient (Wildman–Crippen LogP) is 3.26. The van der Waals surface area contributed by atoms with Crippen LogP contribution < -0.4 is 10.3 Å². The van der Waals surface area contributed by atoms with Gasteiger partial charge in [-0.1, -0.05) is 0 Å². The van der Waals surface area contributed by atoms with Crippen molar-refractivity contribution in [3.05, 3.63) is 70.9 Å². The van der Waals surface area contributed by atoms with Crippen LogP contribution in [0.4, 0.5) is 4.39 Å². The van der Waals surface area contributed by atoms with Gasteiger partial charge in [0.05, 0.1) is 18.5 Å². The lowest BCUT2D eigenvalue weighted by atomic mass is 10.2. The van der Waals surface area contributed by atoms with Crippen LogP contribution in [0, 0.1) is 5.82 Å². The van der Waals surface area contributed by atoms with Gasteiger partial charge in [0.25, 0.3) is 5.56 Å². The van der Waals surface area contributed by atoms with Crippen LogP contribution in [-0.4, -0.2) is 38.0 Å². The second-order valence-corrected chi connectivity index (χ2v) is 7.11. The Morgan fingerprint density at radius 1 is 1.12 bits per heavy atom. The molecule has 1 atom stereocenters. The van der Waals surface area contributed by atoms with Gasteiger partial charge in [0.15, 0.2) is 11.8 Å². The molecule has 0 saturated carbocycles. The van der Waals surface area contributed by atoms with Crippen molar-refractivity contribution in [2.75, 3.05) is 6.61 Å². The summed E-state index contributed by atoms with van der Waals surface area (Å²) in [6.45, 7) is 3.62. The van der Waals surface area contributed by atoms with Gasteiger partial charge in [-0.2, -0.15) is 5.10 Å². The van der Waals surface area contributed by atoms with Crippen molar-refractivity contribution >= 4 is 17.0 Å². The van der Waals surface area contributed by atoms with Crippen molar-refractivity contribution in [2.45, 2.75) is 20.0 Å². The summed E-state index contributed by atoms with van der Waals surface area (Å²) in [6, 6.07) is 12.7. The van der Waals surface area contributed by atoms with Crippen LogP contribution in [0.5, 0.6) is 5.75 Å². The fraction of sp³-hybridized carbons (Fsp3) is 0.217. The van der Waals surface area contributed by atoms with E-state index in [1.165, 1.54) is 27.6 Å². The Morgan fingerprint density at radius 2 is 1.81 bits per heavy atom. The molecule has 0 bridgehead atoms. The van der Waals surface area contributed by atoms with E-state index in [-0.39, 0.29) is 18.0 Å². The number of hydrogen-bond donors (Lipinski definition) is 0. The fourth-order valence-corrected chi connectivity index (χ4v) is 3.28. The van der Waals surface area contributed by atoms with Gasteiger partial charge < -0.3 is 9.47 Å². The zero-order chi connectivity index (χ0) is 22.8. The van der Waals surface area contributed by atoms with E-state index in [4.69, 9.17) is 9.47 Å². The molecular formula is C23H21FN4O4. The molecule has 0 N–H and O–H groups in total. The maximum absolute atomic E-state index is 13.3. The largest absolute Gasteiger partial charge is 0.479 e. The van der Waals surface area contributed by atoms with E-state index in [1.54, 1.807) is 57.3 Å². The first kappa shape index (κ1) is 21.2. The maximum atomic E-state index is 13.3. The van der Waals surface area contributed by atoms with Crippen molar-refractivity contribution < 1.29 is 18.7 Å². The van der Waals surface area contributed by atoms with Crippen molar-refractivity contribution in [1.29, 1.82) is 0 Å². The molecule has 0 saturated heterocycles. The quantitative estimate of drug-likeness (QED) is 0.431. The molecule has 8 nitrogen and oxygen atoms in total. The Hall–Kier alpha value is -4.01. The minimum Gasteiger partial charge on any atom is -0.479 e. The van der Waals surface area contributed by atoms with E-state index in [2.05, 4.69) is 10.1 Å². The summed E-state index contributed by atoms with van der Waals surface area (Å²) in [4.78, 5) is 29.3. The average Bonchev–Trinajstić information content (AvgIpc) is 3.21. The Labute approximate surface area is 182 Å². The summed E-state index contributed by atoms with van der Waals surface area (Å²) in [5.74, 6) is 0.0996. The highest BCUT2D eigenvalue weighted by Crippen LogP contribution is 2.23. The number of esters is 1. The molecule has 1 unspecified atom stereocenters. The Kier molecular flexibility index (Phi) is 5.72. The van der Waals surface area contributed by atoms with Crippen LogP contribution in [0.1, 0.15) is 13.8 Å². The number of ether oxygens (including phenoxy) is 2. The standard InChI is InChI=1S/C23H21FN4O4/c1-4-31-23(30)14(2)32-18-11-5-15(6-12-18)20-26-21-19(22(29)27(20)3)13-25-28(21)17-9-7-16(24)8-10-17/h5-14H,4H2,1-3H3. The maximum Gasteiger partial charge on any atom is 0.347 e. The number of fused-ring (bicyclic) bond motifs is 1. The molecule has 2 aromatic carbocycles. The van der Waals surface area contributed by atoms with Crippen molar-refractivity contribution in [3.63, 3.8) is 0 Å². The van der Waals surface area contributed by atoms with Crippen LogP contribution in [0.25, 0.3) is 28.1 Å². The van der Waals surface area contributed by atoms with Crippen LogP contribution in [0.15, 0.2) is 59.5 Å². The third-order valence-corrected chi connectivity index (χ3v) is 4.92. The monoisotopic (exact) mass is 436 g/mol. The van der Waals surface area contributed by atoms with Crippen LogP contribution in [-0.2, 0) is 16.6 Å². The zero-order valence-corrected chi connectivity index (χ0v) is 17.8. The van der Waals surface area contributed by atoms with Gasteiger partial charge >= 0.3 is 5.97 Å². The average molecular weight is 436 g/mol. The molecule has 0 radical (unpaired) electrons. The van der Waals surface area contributed by atoms with Crippen molar-refractivity contribution in [1.82, 2.24) is 19.3 Å². The fourth-order valence-electron chi connectivity index (χ4n) is 3.28. The first-order valence-electron chi connectivity index (χ1n) is 10.0. The Balaban J connectivity index is 1.70. The number of halogens is 1. The molecule has 9 heteroatoms. The minimum absolute atomic E-state index is 0.255. The SMILES string of the molecule is CCOC(=O)C(C)Oc1ccc(-c2nc3c(cnn3-c3ccc(F)cc3)c(=O)n2C)cc1. The highest BCUT2D eigenvalue weighted by atomic mass is 19.1. The lowest BCUT2D eigenvalue weighted by molar-refractivity contribution is -0.150. The van der Waals surface area contributed by atoms with Crippen molar-refractivity contribution in [3.8, 4) is 22.8 Å². The summed E-state index contributed by atoms with van der Waals surface area (Å²) in [6.07, 6.45) is 0.704. The smallest absolute Gasteiger partial charge is 0.347 e. The van der Waals surface area contributed by atoms with Gasteiger partial charge in [0.2, 0.25) is 0 Å². The summed E-state index contributed by atoms with van der Waals surface area (Å²) in [5, 5.41) is 4.62. The third-order valence-electron chi connectivity index (χ3n) is 4.92. The highest BCUT2D eigenvalue weighted by molar-refractivity contribution is 5.78. The molecule has 2 heterocycles. The molecule has 0 aliphatic rings. The molecule has 2 aromatic heterocycles. The summed E-state index contributed by atoms with van der Waals surface area (Å²) < 4.78 is 26.8. The van der Waals surface area contributed by atoms with Crippen LogP contribution in [0.3, 0.4) is 0 Å². The molecule has 0 amide bonds. The molecule has 0 fully saturated rings. The van der Waals surface area contributed by atoms with E-state index in [9.17, 15) is 14.0 Å². The van der Waals surface area contributed by atoms with Gasteiger partial charge in [-0.25, -0.2) is 18.9 Å². The number of carbonyl (C=O) groups excluding carboxylic acids is 1. The van der Waals surface area contributed by atoms with Gasteiger partial charge in [-0.15, -0.1) is 0 Å². The second-order valence-electron chi connectivity index (χ2n) is 7.11. The predicted molar refractivity (Wildman–Crippen MR) is 116 cm³/mol. The van der Waals surface area contributed by atoms with Gasteiger partial charge in [-0.3, -0.25) is 9.36 Å².